The molecule has 9 heteroatoms. The highest BCUT2D eigenvalue weighted by Gasteiger charge is 2.16. The van der Waals surface area contributed by atoms with E-state index < -0.39 is 0 Å². The van der Waals surface area contributed by atoms with Crippen molar-refractivity contribution >= 4 is 23.1 Å². The van der Waals surface area contributed by atoms with Crippen molar-refractivity contribution in [1.29, 1.82) is 0 Å². The molecule has 150 valence electrons. The lowest BCUT2D eigenvalue weighted by Gasteiger charge is -2.08. The lowest BCUT2D eigenvalue weighted by molar-refractivity contribution is 0.355. The van der Waals surface area contributed by atoms with Gasteiger partial charge in [0.2, 0.25) is 0 Å². The minimum Gasteiger partial charge on any atom is -0.493 e. The van der Waals surface area contributed by atoms with Gasteiger partial charge in [-0.3, -0.25) is 0 Å². The van der Waals surface area contributed by atoms with Crippen LogP contribution in [-0.2, 0) is 12.8 Å². The number of furan rings is 1. The van der Waals surface area contributed by atoms with Crippen LogP contribution in [0.15, 0.2) is 45.5 Å². The Labute approximate surface area is 176 Å². The maximum Gasteiger partial charge on any atom is 0.191 e. The van der Waals surface area contributed by atoms with Gasteiger partial charge in [0, 0.05) is 23.7 Å². The maximum atomic E-state index is 5.39. The topological polar surface area (TPSA) is 75.2 Å². The van der Waals surface area contributed by atoms with Crippen molar-refractivity contribution in [3.63, 3.8) is 0 Å². The SMILES string of the molecule is COc1ccc(-c2nc(CSc3nnc(-c4ccoc4C)n3C)cs2)cc1OC. The second kappa shape index (κ2) is 8.30. The molecule has 4 aromatic rings. The van der Waals surface area contributed by atoms with Gasteiger partial charge in [0.05, 0.1) is 31.7 Å². The molecule has 0 saturated carbocycles. The van der Waals surface area contributed by atoms with Crippen molar-refractivity contribution in [1.82, 2.24) is 19.7 Å². The Morgan fingerprint density at radius 3 is 2.69 bits per heavy atom. The standard InChI is InChI=1S/C20H20N4O3S2/c1-12-15(7-8-27-12)18-22-23-20(24(18)2)29-11-14-10-28-19(21-14)13-5-6-16(25-3)17(9-13)26-4/h5-10H,11H2,1-4H3. The van der Waals surface area contributed by atoms with E-state index in [9.17, 15) is 0 Å². The zero-order chi connectivity index (χ0) is 20.4. The summed E-state index contributed by atoms with van der Waals surface area (Å²) in [5, 5.41) is 12.5. The van der Waals surface area contributed by atoms with E-state index in [-0.39, 0.29) is 0 Å². The maximum absolute atomic E-state index is 5.39. The summed E-state index contributed by atoms with van der Waals surface area (Å²) in [6.45, 7) is 1.92. The number of aromatic nitrogens is 4. The fourth-order valence-corrected chi connectivity index (χ4v) is 4.63. The Balaban J connectivity index is 1.48. The van der Waals surface area contributed by atoms with Gasteiger partial charge in [-0.25, -0.2) is 4.98 Å². The van der Waals surface area contributed by atoms with Crippen molar-refractivity contribution in [3.05, 3.63) is 47.4 Å². The summed E-state index contributed by atoms with van der Waals surface area (Å²) in [4.78, 5) is 4.76. The van der Waals surface area contributed by atoms with E-state index in [2.05, 4.69) is 15.6 Å². The van der Waals surface area contributed by atoms with Gasteiger partial charge in [-0.2, -0.15) is 0 Å². The number of hydrogen-bond donors (Lipinski definition) is 0. The zero-order valence-electron chi connectivity index (χ0n) is 16.5. The molecule has 0 radical (unpaired) electrons. The third kappa shape index (κ3) is 3.88. The number of methoxy groups -OCH3 is 2. The van der Waals surface area contributed by atoms with Gasteiger partial charge in [-0.1, -0.05) is 11.8 Å². The number of ether oxygens (including phenoxy) is 2. The van der Waals surface area contributed by atoms with Crippen molar-refractivity contribution in [2.75, 3.05) is 14.2 Å². The minimum atomic E-state index is 0.692. The van der Waals surface area contributed by atoms with Gasteiger partial charge in [0.15, 0.2) is 22.5 Å². The summed E-state index contributed by atoms with van der Waals surface area (Å²) in [5.74, 6) is 3.73. The monoisotopic (exact) mass is 428 g/mol. The average Bonchev–Trinajstić information content (AvgIpc) is 3.46. The summed E-state index contributed by atoms with van der Waals surface area (Å²) in [7, 11) is 5.22. The van der Waals surface area contributed by atoms with Crippen LogP contribution in [0.25, 0.3) is 22.0 Å². The molecule has 3 heterocycles. The van der Waals surface area contributed by atoms with Crippen LogP contribution in [0.1, 0.15) is 11.5 Å². The van der Waals surface area contributed by atoms with Gasteiger partial charge in [0.25, 0.3) is 0 Å². The van der Waals surface area contributed by atoms with Crippen LogP contribution >= 0.6 is 23.1 Å². The second-order valence-electron chi connectivity index (χ2n) is 6.26. The van der Waals surface area contributed by atoms with E-state index in [4.69, 9.17) is 18.9 Å². The Kier molecular flexibility index (Phi) is 5.59. The van der Waals surface area contributed by atoms with E-state index in [1.165, 1.54) is 0 Å². The molecular formula is C20H20N4O3S2. The first-order valence-corrected chi connectivity index (χ1v) is 10.7. The van der Waals surface area contributed by atoms with Crippen molar-refractivity contribution in [2.24, 2.45) is 7.05 Å². The molecule has 0 amide bonds. The molecule has 0 unspecified atom stereocenters. The Bertz CT molecular complexity index is 1130. The molecule has 0 spiro atoms. The molecule has 0 fully saturated rings. The number of benzene rings is 1. The van der Waals surface area contributed by atoms with Crippen LogP contribution < -0.4 is 9.47 Å². The van der Waals surface area contributed by atoms with Crippen LogP contribution in [0.4, 0.5) is 0 Å². The number of thiazole rings is 1. The van der Waals surface area contributed by atoms with Gasteiger partial charge in [-0.15, -0.1) is 21.5 Å². The number of rotatable bonds is 7. The molecule has 0 aliphatic rings. The predicted octanol–water partition coefficient (Wildman–Crippen LogP) is 4.82. The lowest BCUT2D eigenvalue weighted by Crippen LogP contribution is -1.95. The first-order valence-electron chi connectivity index (χ1n) is 8.84. The van der Waals surface area contributed by atoms with Gasteiger partial charge >= 0.3 is 0 Å². The summed E-state index contributed by atoms with van der Waals surface area (Å²) in [6.07, 6.45) is 1.66. The number of thioether (sulfide) groups is 1. The summed E-state index contributed by atoms with van der Waals surface area (Å²) < 4.78 is 18.0. The Morgan fingerprint density at radius 2 is 1.97 bits per heavy atom. The second-order valence-corrected chi connectivity index (χ2v) is 8.06. The Hall–Kier alpha value is -2.78. The Morgan fingerprint density at radius 1 is 1.14 bits per heavy atom. The van der Waals surface area contributed by atoms with Crippen molar-refractivity contribution in [2.45, 2.75) is 17.8 Å². The predicted molar refractivity (Wildman–Crippen MR) is 114 cm³/mol. The molecule has 0 bridgehead atoms. The fraction of sp³-hybridized carbons (Fsp3) is 0.250. The van der Waals surface area contributed by atoms with Gasteiger partial charge in [0.1, 0.15) is 10.8 Å². The highest BCUT2D eigenvalue weighted by Crippen LogP contribution is 2.34. The molecule has 1 aromatic carbocycles. The molecule has 29 heavy (non-hydrogen) atoms. The largest absolute Gasteiger partial charge is 0.493 e. The third-order valence-corrected chi connectivity index (χ3v) is 6.46. The minimum absolute atomic E-state index is 0.692. The highest BCUT2D eigenvalue weighted by atomic mass is 32.2. The van der Waals surface area contributed by atoms with Crippen LogP contribution in [0.3, 0.4) is 0 Å². The quantitative estimate of drug-likeness (QED) is 0.391. The molecular weight excluding hydrogens is 408 g/mol. The zero-order valence-corrected chi connectivity index (χ0v) is 18.1. The first kappa shape index (κ1) is 19.5. The van der Waals surface area contributed by atoms with Crippen LogP contribution in [0.5, 0.6) is 11.5 Å². The molecule has 4 rings (SSSR count). The molecule has 0 saturated heterocycles. The summed E-state index contributed by atoms with van der Waals surface area (Å²) in [6, 6.07) is 7.72. The molecule has 7 nitrogen and oxygen atoms in total. The molecule has 0 atom stereocenters. The van der Waals surface area contributed by atoms with E-state index in [1.807, 2.05) is 42.8 Å². The fourth-order valence-electron chi connectivity index (χ4n) is 2.91. The molecule has 0 aliphatic heterocycles. The van der Waals surface area contributed by atoms with E-state index >= 15 is 0 Å². The van der Waals surface area contributed by atoms with Gasteiger partial charge < -0.3 is 18.5 Å². The van der Waals surface area contributed by atoms with Gasteiger partial charge in [-0.05, 0) is 31.2 Å². The summed E-state index contributed by atoms with van der Waals surface area (Å²) in [5.41, 5.74) is 2.95. The third-order valence-electron chi connectivity index (χ3n) is 4.47. The van der Waals surface area contributed by atoms with Crippen LogP contribution in [-0.4, -0.2) is 34.0 Å². The number of aryl methyl sites for hydroxylation is 1. The number of nitrogens with zero attached hydrogens (tertiary/aromatic N) is 4. The highest BCUT2D eigenvalue weighted by molar-refractivity contribution is 7.98. The van der Waals surface area contributed by atoms with Crippen LogP contribution in [0.2, 0.25) is 0 Å². The molecule has 3 aromatic heterocycles. The normalized spacial score (nSPS) is 11.0. The van der Waals surface area contributed by atoms with E-state index in [0.29, 0.717) is 17.3 Å². The van der Waals surface area contributed by atoms with E-state index in [1.54, 1.807) is 43.6 Å². The van der Waals surface area contributed by atoms with E-state index in [0.717, 1.165) is 38.6 Å². The lowest BCUT2D eigenvalue weighted by atomic mass is 10.2. The smallest absolute Gasteiger partial charge is 0.191 e. The average molecular weight is 429 g/mol. The van der Waals surface area contributed by atoms with Crippen molar-refractivity contribution in [3.8, 4) is 33.5 Å². The van der Waals surface area contributed by atoms with Crippen molar-refractivity contribution < 1.29 is 13.9 Å². The number of hydrogen-bond acceptors (Lipinski definition) is 8. The molecule has 0 N–H and O–H groups in total. The first-order chi connectivity index (χ1) is 14.1. The molecule has 0 aliphatic carbocycles. The van der Waals surface area contributed by atoms with Crippen LogP contribution in [0, 0.1) is 6.92 Å². The summed E-state index contributed by atoms with van der Waals surface area (Å²) >= 11 is 3.21.